The number of rotatable bonds is 21. The SMILES string of the molecule is NCCCCC(N)C(=O)NC(CCCN=C(N)N)C(=O)NC(CCCN=C(N)N)C(=O)NC(CC(=O)O)C(=O)O. The minimum atomic E-state index is -1.75. The van der Waals surface area contributed by atoms with E-state index < -0.39 is 60.2 Å². The maximum Gasteiger partial charge on any atom is 0.326 e. The highest BCUT2D eigenvalue weighted by molar-refractivity contribution is 5.94. The van der Waals surface area contributed by atoms with E-state index in [2.05, 4.69) is 25.9 Å². The Morgan fingerprint density at radius 2 is 1.10 bits per heavy atom. The van der Waals surface area contributed by atoms with Crippen LogP contribution in [0, 0.1) is 0 Å². The Kier molecular flexibility index (Phi) is 17.7. The summed E-state index contributed by atoms with van der Waals surface area (Å²) in [5, 5.41) is 25.4. The van der Waals surface area contributed by atoms with Gasteiger partial charge in [-0.15, -0.1) is 0 Å². The van der Waals surface area contributed by atoms with E-state index in [0.717, 1.165) is 0 Å². The molecule has 0 saturated carbocycles. The zero-order chi connectivity index (χ0) is 30.7. The Morgan fingerprint density at radius 3 is 1.50 bits per heavy atom. The highest BCUT2D eigenvalue weighted by Crippen LogP contribution is 2.06. The van der Waals surface area contributed by atoms with E-state index in [1.54, 1.807) is 0 Å². The number of aliphatic carboxylic acids is 2. The zero-order valence-electron chi connectivity index (χ0n) is 22.4. The Labute approximate surface area is 231 Å². The molecule has 18 nitrogen and oxygen atoms in total. The van der Waals surface area contributed by atoms with Crippen molar-refractivity contribution in [3.63, 3.8) is 0 Å². The molecule has 18 heteroatoms. The number of unbranched alkanes of at least 4 members (excludes halogenated alkanes) is 1. The summed E-state index contributed by atoms with van der Waals surface area (Å²) in [4.78, 5) is 68.9. The summed E-state index contributed by atoms with van der Waals surface area (Å²) in [6.07, 6.45) is 1.22. The van der Waals surface area contributed by atoms with Crippen LogP contribution in [-0.2, 0) is 24.0 Å². The van der Waals surface area contributed by atoms with Crippen molar-refractivity contribution in [1.82, 2.24) is 16.0 Å². The molecule has 0 bridgehead atoms. The molecule has 0 aromatic carbocycles. The monoisotopic (exact) mass is 573 g/mol. The van der Waals surface area contributed by atoms with Crippen LogP contribution in [0.1, 0.15) is 51.4 Å². The van der Waals surface area contributed by atoms with Gasteiger partial charge in [0.25, 0.3) is 0 Å². The number of carboxylic acids is 2. The summed E-state index contributed by atoms with van der Waals surface area (Å²) >= 11 is 0. The Morgan fingerprint density at radius 1 is 0.650 bits per heavy atom. The minimum Gasteiger partial charge on any atom is -0.481 e. The summed E-state index contributed by atoms with van der Waals surface area (Å²) < 4.78 is 0. The number of hydrogen-bond acceptors (Lipinski definition) is 9. The van der Waals surface area contributed by atoms with Gasteiger partial charge in [0, 0.05) is 13.1 Å². The van der Waals surface area contributed by atoms with Crippen LogP contribution < -0.4 is 50.4 Å². The molecular weight excluding hydrogens is 530 g/mol. The quantitative estimate of drug-likeness (QED) is 0.0351. The Bertz CT molecular complexity index is 906. The third-order valence-electron chi connectivity index (χ3n) is 5.46. The topological polar surface area (TPSA) is 343 Å². The Hall–Kier alpha value is -4.19. The van der Waals surface area contributed by atoms with Crippen molar-refractivity contribution in [2.24, 2.45) is 44.4 Å². The van der Waals surface area contributed by atoms with Crippen LogP contribution in [0.4, 0.5) is 0 Å². The average Bonchev–Trinajstić information content (AvgIpc) is 2.86. The second-order valence-corrected chi connectivity index (χ2v) is 8.91. The first-order chi connectivity index (χ1) is 18.8. The fourth-order valence-corrected chi connectivity index (χ4v) is 3.38. The van der Waals surface area contributed by atoms with Gasteiger partial charge < -0.3 is 60.6 Å². The van der Waals surface area contributed by atoms with Gasteiger partial charge in [-0.05, 0) is 45.1 Å². The van der Waals surface area contributed by atoms with E-state index in [9.17, 15) is 29.1 Å². The van der Waals surface area contributed by atoms with E-state index in [1.807, 2.05) is 0 Å². The van der Waals surface area contributed by atoms with Gasteiger partial charge in [0.05, 0.1) is 12.5 Å². The molecular formula is C22H43N11O7. The number of amides is 3. The first-order valence-electron chi connectivity index (χ1n) is 12.7. The summed E-state index contributed by atoms with van der Waals surface area (Å²) in [5.74, 6) is -5.68. The molecule has 0 heterocycles. The largest absolute Gasteiger partial charge is 0.481 e. The summed E-state index contributed by atoms with van der Waals surface area (Å²) in [6.45, 7) is 0.685. The Balaban J connectivity index is 5.74. The first-order valence-corrected chi connectivity index (χ1v) is 12.7. The lowest BCUT2D eigenvalue weighted by atomic mass is 10.0. The van der Waals surface area contributed by atoms with Crippen LogP contribution in [0.5, 0.6) is 0 Å². The molecule has 0 aliphatic heterocycles. The van der Waals surface area contributed by atoms with E-state index >= 15 is 0 Å². The van der Waals surface area contributed by atoms with Gasteiger partial charge in [-0.2, -0.15) is 0 Å². The number of nitrogens with two attached hydrogens (primary N) is 6. The van der Waals surface area contributed by atoms with Crippen LogP contribution in [0.2, 0.25) is 0 Å². The average molecular weight is 574 g/mol. The lowest BCUT2D eigenvalue weighted by Gasteiger charge is -2.25. The molecule has 40 heavy (non-hydrogen) atoms. The molecule has 0 rings (SSSR count). The normalized spacial score (nSPS) is 13.6. The molecule has 0 aromatic heterocycles. The second-order valence-electron chi connectivity index (χ2n) is 8.91. The number of nitrogens with zero attached hydrogens (tertiary/aromatic N) is 2. The number of nitrogens with one attached hydrogen (secondary N) is 3. The smallest absolute Gasteiger partial charge is 0.326 e. The van der Waals surface area contributed by atoms with Crippen LogP contribution in [0.15, 0.2) is 9.98 Å². The van der Waals surface area contributed by atoms with Gasteiger partial charge >= 0.3 is 11.9 Å². The van der Waals surface area contributed by atoms with E-state index in [0.29, 0.717) is 25.8 Å². The van der Waals surface area contributed by atoms with Crippen molar-refractivity contribution < 1.29 is 34.2 Å². The lowest BCUT2D eigenvalue weighted by molar-refractivity contribution is -0.147. The fourth-order valence-electron chi connectivity index (χ4n) is 3.38. The molecule has 228 valence electrons. The molecule has 17 N–H and O–H groups in total. The third-order valence-corrected chi connectivity index (χ3v) is 5.46. The van der Waals surface area contributed by atoms with Gasteiger partial charge in [0.2, 0.25) is 17.7 Å². The van der Waals surface area contributed by atoms with Crippen molar-refractivity contribution >= 4 is 41.6 Å². The van der Waals surface area contributed by atoms with Crippen LogP contribution >= 0.6 is 0 Å². The van der Waals surface area contributed by atoms with E-state index in [4.69, 9.17) is 39.5 Å². The zero-order valence-corrected chi connectivity index (χ0v) is 22.4. The highest BCUT2D eigenvalue weighted by Gasteiger charge is 2.30. The number of carbonyl (C=O) groups is 5. The van der Waals surface area contributed by atoms with Crippen molar-refractivity contribution in [2.75, 3.05) is 19.6 Å². The number of carbonyl (C=O) groups excluding carboxylic acids is 3. The van der Waals surface area contributed by atoms with Crippen LogP contribution in [0.25, 0.3) is 0 Å². The van der Waals surface area contributed by atoms with Crippen molar-refractivity contribution in [1.29, 1.82) is 0 Å². The van der Waals surface area contributed by atoms with Gasteiger partial charge in [-0.3, -0.25) is 29.2 Å². The van der Waals surface area contributed by atoms with Gasteiger partial charge in [0.1, 0.15) is 18.1 Å². The maximum absolute atomic E-state index is 13.2. The molecule has 0 aliphatic carbocycles. The fraction of sp³-hybridized carbons (Fsp3) is 0.682. The highest BCUT2D eigenvalue weighted by atomic mass is 16.4. The lowest BCUT2D eigenvalue weighted by Crippen LogP contribution is -2.57. The number of carboxylic acid groups (broad SMARTS) is 2. The van der Waals surface area contributed by atoms with Gasteiger partial charge in [0.15, 0.2) is 11.9 Å². The molecule has 3 amide bonds. The molecule has 0 radical (unpaired) electrons. The number of guanidine groups is 2. The minimum absolute atomic E-state index is 0.0406. The van der Waals surface area contributed by atoms with E-state index in [-0.39, 0.29) is 50.7 Å². The molecule has 4 unspecified atom stereocenters. The molecule has 0 aliphatic rings. The predicted molar refractivity (Wildman–Crippen MR) is 146 cm³/mol. The van der Waals surface area contributed by atoms with Crippen LogP contribution in [-0.4, -0.2) is 95.6 Å². The molecule has 0 fully saturated rings. The number of aliphatic imine (C=N–C) groups is 2. The first kappa shape index (κ1) is 35.8. The molecule has 0 spiro atoms. The van der Waals surface area contributed by atoms with Crippen molar-refractivity contribution in [2.45, 2.75) is 75.5 Å². The standard InChI is InChI=1S/C22H43N11O7/c23-8-2-1-5-12(24)17(36)31-13(6-3-9-29-21(25)26)18(37)32-14(7-4-10-30-22(27)28)19(38)33-15(20(39)40)11-16(34)35/h12-15H,1-11,23-24H2,(H,31,36)(H,32,37)(H,33,38)(H,34,35)(H,39,40)(H4,25,26,29)(H4,27,28,30). The second kappa shape index (κ2) is 19.8. The van der Waals surface area contributed by atoms with Crippen LogP contribution in [0.3, 0.4) is 0 Å². The van der Waals surface area contributed by atoms with Crippen molar-refractivity contribution in [3.8, 4) is 0 Å². The summed E-state index contributed by atoms with van der Waals surface area (Å²) in [5.41, 5.74) is 32.6. The maximum atomic E-state index is 13.2. The number of hydrogen-bond donors (Lipinski definition) is 11. The van der Waals surface area contributed by atoms with Gasteiger partial charge in [-0.25, -0.2) is 4.79 Å². The predicted octanol–water partition coefficient (Wildman–Crippen LogP) is -4.44. The summed E-state index contributed by atoms with van der Waals surface area (Å²) in [7, 11) is 0. The third kappa shape index (κ3) is 16.6. The van der Waals surface area contributed by atoms with Gasteiger partial charge in [-0.1, -0.05) is 6.42 Å². The van der Waals surface area contributed by atoms with E-state index in [1.165, 1.54) is 0 Å². The molecule has 4 atom stereocenters. The molecule has 0 saturated heterocycles. The molecule has 0 aromatic rings. The van der Waals surface area contributed by atoms with Crippen molar-refractivity contribution in [3.05, 3.63) is 0 Å². The summed E-state index contributed by atoms with van der Waals surface area (Å²) in [6, 6.07) is -5.12.